The van der Waals surface area contributed by atoms with E-state index in [1.54, 1.807) is 58.2 Å². The Morgan fingerprint density at radius 3 is 2.13 bits per heavy atom. The first-order valence-electron chi connectivity index (χ1n) is 17.1. The Morgan fingerprint density at radius 1 is 0.865 bits per heavy atom. The average Bonchev–Trinajstić information content (AvgIpc) is 3.36. The number of nitrogens with zero attached hydrogens (tertiary/aromatic N) is 1. The molecule has 0 saturated carbocycles. The third kappa shape index (κ3) is 16.3. The number of benzene rings is 1. The Balaban J connectivity index is -0.00000281. The lowest BCUT2D eigenvalue weighted by molar-refractivity contribution is -0.138. The quantitative estimate of drug-likeness (QED) is 0.0851. The second-order valence-electron chi connectivity index (χ2n) is 12.4. The van der Waals surface area contributed by atoms with Crippen LogP contribution in [-0.4, -0.2) is 122 Å². The summed E-state index contributed by atoms with van der Waals surface area (Å²) in [6.07, 6.45) is 0.513. The summed E-state index contributed by atoms with van der Waals surface area (Å²) in [6, 6.07) is 4.74. The number of alkyl carbamates (subject to hydrolysis) is 2. The largest absolute Gasteiger partial charge is 0.447 e. The summed E-state index contributed by atoms with van der Waals surface area (Å²) in [7, 11) is 0. The van der Waals surface area contributed by atoms with Gasteiger partial charge in [0.1, 0.15) is 18.7 Å². The Kier molecular flexibility index (Phi) is 19.5. The molecule has 3 unspecified atom stereocenters. The second kappa shape index (κ2) is 23.2. The second-order valence-corrected chi connectivity index (χ2v) is 13.4. The molecule has 17 nitrogen and oxygen atoms in total. The molecule has 0 aromatic heterocycles. The lowest BCUT2D eigenvalue weighted by Crippen LogP contribution is -2.53. The molecule has 1 saturated heterocycles. The van der Waals surface area contributed by atoms with Crippen LogP contribution in [0.15, 0.2) is 24.3 Å². The summed E-state index contributed by atoms with van der Waals surface area (Å²) < 4.78 is 20.9. The number of ether oxygens (including phenoxy) is 4. The summed E-state index contributed by atoms with van der Waals surface area (Å²) in [5.41, 5.74) is 1.09. The van der Waals surface area contributed by atoms with Crippen molar-refractivity contribution in [2.45, 2.75) is 77.5 Å². The van der Waals surface area contributed by atoms with Gasteiger partial charge in [-0.1, -0.05) is 26.0 Å². The predicted octanol–water partition coefficient (Wildman–Crippen LogP) is 2.78. The molecule has 1 fully saturated rings. The molecule has 0 bridgehead atoms. The van der Waals surface area contributed by atoms with Crippen LogP contribution < -0.4 is 26.6 Å². The number of amides is 7. The number of carbonyl (C=O) groups is 7. The number of thioether (sulfide) groups is 1. The van der Waals surface area contributed by atoms with Gasteiger partial charge in [0.15, 0.2) is 0 Å². The first-order chi connectivity index (χ1) is 24.7. The molecule has 300 valence electrons. The highest BCUT2D eigenvalue weighted by molar-refractivity contribution is 8.00. The van der Waals surface area contributed by atoms with Crippen LogP contribution in [0.2, 0.25) is 0 Å². The van der Waals surface area contributed by atoms with Gasteiger partial charge in [-0.2, -0.15) is 11.8 Å². The number of rotatable bonds is 22. The molecule has 2 rings (SSSR count). The number of imide groups is 1. The molecule has 7 amide bonds. The molecule has 52 heavy (non-hydrogen) atoms. The first kappa shape index (κ1) is 43.7. The van der Waals surface area contributed by atoms with Gasteiger partial charge < -0.3 is 45.5 Å². The number of anilines is 1. The van der Waals surface area contributed by atoms with Gasteiger partial charge in [0, 0.05) is 45.3 Å². The van der Waals surface area contributed by atoms with Gasteiger partial charge in [-0.25, -0.2) is 9.59 Å². The van der Waals surface area contributed by atoms with Gasteiger partial charge in [0.05, 0.1) is 37.8 Å². The van der Waals surface area contributed by atoms with Crippen molar-refractivity contribution in [3.8, 4) is 0 Å². The molecule has 1 heterocycles. The highest BCUT2D eigenvalue weighted by Gasteiger charge is 2.37. The van der Waals surface area contributed by atoms with Crippen molar-refractivity contribution in [2.24, 2.45) is 5.92 Å². The number of likely N-dealkylation sites (tertiary alicyclic amines) is 1. The van der Waals surface area contributed by atoms with E-state index < -0.39 is 36.1 Å². The topological polar surface area (TPSA) is 220 Å². The van der Waals surface area contributed by atoms with Crippen LogP contribution in [0.4, 0.5) is 15.3 Å². The number of carbonyl (C=O) groups excluding carboxylic acids is 7. The Labute approximate surface area is 315 Å². The number of hydrogen-bond acceptors (Lipinski definition) is 12. The van der Waals surface area contributed by atoms with Crippen molar-refractivity contribution in [1.29, 1.82) is 0 Å². The van der Waals surface area contributed by atoms with Gasteiger partial charge in [-0.05, 0) is 50.6 Å². The van der Waals surface area contributed by atoms with Gasteiger partial charge in [0.2, 0.25) is 29.5 Å². The molecule has 1 aromatic carbocycles. The van der Waals surface area contributed by atoms with E-state index in [0.29, 0.717) is 11.3 Å². The summed E-state index contributed by atoms with van der Waals surface area (Å²) in [4.78, 5) is 87.0. The van der Waals surface area contributed by atoms with Crippen LogP contribution in [-0.2, 0) is 49.5 Å². The van der Waals surface area contributed by atoms with Gasteiger partial charge in [-0.3, -0.25) is 28.9 Å². The minimum Gasteiger partial charge on any atom is -0.447 e. The molecular formula is C34H62N6O11S. The van der Waals surface area contributed by atoms with E-state index in [4.69, 9.17) is 18.9 Å². The van der Waals surface area contributed by atoms with Crippen molar-refractivity contribution in [3.05, 3.63) is 29.8 Å². The lowest BCUT2D eigenvalue weighted by Gasteiger charge is -2.24. The van der Waals surface area contributed by atoms with E-state index in [1.807, 2.05) is 0 Å². The van der Waals surface area contributed by atoms with Crippen LogP contribution in [0.3, 0.4) is 0 Å². The van der Waals surface area contributed by atoms with Crippen LogP contribution in [0.5, 0.6) is 0 Å². The fourth-order valence-electron chi connectivity index (χ4n) is 4.59. The maximum atomic E-state index is 13.0. The third-order valence-corrected chi connectivity index (χ3v) is 8.34. The van der Waals surface area contributed by atoms with Gasteiger partial charge >= 0.3 is 12.2 Å². The van der Waals surface area contributed by atoms with E-state index in [2.05, 4.69) is 26.6 Å². The van der Waals surface area contributed by atoms with E-state index in [-0.39, 0.29) is 108 Å². The highest BCUT2D eigenvalue weighted by Crippen LogP contribution is 2.22. The molecule has 5 N–H and O–H groups in total. The number of nitrogens with one attached hydrogen (secondary N) is 5. The zero-order chi connectivity index (χ0) is 38.6. The summed E-state index contributed by atoms with van der Waals surface area (Å²) in [6.45, 7) is 9.84. The zero-order valence-corrected chi connectivity index (χ0v) is 31.4. The van der Waals surface area contributed by atoms with E-state index in [9.17, 15) is 33.6 Å². The number of hydrogen-bond donors (Lipinski definition) is 5. The standard InChI is InChI=1S/C34H52N6O11S.5H2/c1-21(2)29(39-27(41)11-15-48-17-18-49-16-13-36-34(47)51-22(3)4)31(44)37-23(5)30(43)38-25-9-7-24(8-10-25)20-50-33(46)35-12-14-40-28(42)19-26(52-6)32(40)45;;;;;/h7-10,21-23,26,29H,11-20H2,1-6H3,(H,35,46)(H,36,47)(H,37,44)(H,38,43)(H,39,41);5*1H. The summed E-state index contributed by atoms with van der Waals surface area (Å²) in [5, 5.41) is 12.7. The average molecular weight is 763 g/mol. The van der Waals surface area contributed by atoms with Crippen LogP contribution >= 0.6 is 11.8 Å². The van der Waals surface area contributed by atoms with E-state index in [0.717, 1.165) is 4.90 Å². The van der Waals surface area contributed by atoms with Crippen molar-refractivity contribution in [2.75, 3.05) is 57.6 Å². The molecule has 0 radical (unpaired) electrons. The third-order valence-electron chi connectivity index (χ3n) is 7.40. The predicted molar refractivity (Wildman–Crippen MR) is 203 cm³/mol. The fraction of sp³-hybridized carbons (Fsp3) is 0.618. The van der Waals surface area contributed by atoms with Gasteiger partial charge in [-0.15, -0.1) is 0 Å². The van der Waals surface area contributed by atoms with Gasteiger partial charge in [0.25, 0.3) is 0 Å². The smallest absolute Gasteiger partial charge is 0.407 e. The lowest BCUT2D eigenvalue weighted by atomic mass is 10.0. The fourth-order valence-corrected chi connectivity index (χ4v) is 5.23. The van der Waals surface area contributed by atoms with Crippen LogP contribution in [0.25, 0.3) is 0 Å². The summed E-state index contributed by atoms with van der Waals surface area (Å²) in [5.74, 6) is -2.16. The molecule has 1 aliphatic heterocycles. The molecule has 3 atom stereocenters. The Morgan fingerprint density at radius 2 is 1.52 bits per heavy atom. The maximum Gasteiger partial charge on any atom is 0.407 e. The molecule has 18 heteroatoms. The van der Waals surface area contributed by atoms with Crippen LogP contribution in [0.1, 0.15) is 60.2 Å². The molecular weight excluding hydrogens is 700 g/mol. The molecule has 1 aromatic rings. The molecule has 0 aliphatic carbocycles. The minimum atomic E-state index is -0.922. The maximum absolute atomic E-state index is 13.0. The van der Waals surface area contributed by atoms with Crippen molar-refractivity contribution < 1.29 is 59.6 Å². The Bertz CT molecular complexity index is 1390. The van der Waals surface area contributed by atoms with Crippen LogP contribution in [0, 0.1) is 5.92 Å². The Hall–Kier alpha value is -4.42. The van der Waals surface area contributed by atoms with E-state index in [1.165, 1.54) is 18.7 Å². The molecule has 1 aliphatic rings. The monoisotopic (exact) mass is 762 g/mol. The minimum absolute atomic E-state index is 0. The van der Waals surface area contributed by atoms with E-state index >= 15 is 0 Å². The molecule has 0 spiro atoms. The normalized spacial score (nSPS) is 15.2. The highest BCUT2D eigenvalue weighted by atomic mass is 32.2. The zero-order valence-electron chi connectivity index (χ0n) is 30.6. The van der Waals surface area contributed by atoms with Crippen molar-refractivity contribution >= 4 is 59.2 Å². The SMILES string of the molecule is CSC1CC(=O)N(CCNC(=O)OCc2ccc(NC(=O)C(C)NC(=O)C(NC(=O)CCOCCOCCNC(=O)OC(C)C)C(C)C)cc2)C1=O.[HH].[HH].[HH].[HH].[HH]. The van der Waals surface area contributed by atoms with Crippen molar-refractivity contribution in [1.82, 2.24) is 26.2 Å². The summed E-state index contributed by atoms with van der Waals surface area (Å²) >= 11 is 1.32. The van der Waals surface area contributed by atoms with Crippen molar-refractivity contribution in [3.63, 3.8) is 0 Å². The first-order valence-corrected chi connectivity index (χ1v) is 18.4.